The Hall–Kier alpha value is -2.08. The molecule has 0 aliphatic carbocycles. The molecule has 1 fully saturated rings. The molecule has 6 heteroatoms. The predicted molar refractivity (Wildman–Crippen MR) is 70.2 cm³/mol. The SMILES string of the molecule is COCC1(C(=O)O)CCN1C(=O)OCc1ccccc1. The number of likely N-dealkylation sites (tertiary alicyclic amines) is 1. The summed E-state index contributed by atoms with van der Waals surface area (Å²) in [4.78, 5) is 24.5. The van der Waals surface area contributed by atoms with E-state index in [-0.39, 0.29) is 13.2 Å². The first-order valence-electron chi connectivity index (χ1n) is 6.31. The van der Waals surface area contributed by atoms with Crippen molar-refractivity contribution in [1.82, 2.24) is 4.90 Å². The van der Waals surface area contributed by atoms with Gasteiger partial charge in [0.2, 0.25) is 0 Å². The molecular formula is C14H17NO5. The molecule has 1 N–H and O–H groups in total. The van der Waals surface area contributed by atoms with Crippen LogP contribution in [0.15, 0.2) is 30.3 Å². The molecule has 1 amide bonds. The Morgan fingerprint density at radius 2 is 2.05 bits per heavy atom. The summed E-state index contributed by atoms with van der Waals surface area (Å²) >= 11 is 0. The zero-order valence-electron chi connectivity index (χ0n) is 11.2. The minimum absolute atomic E-state index is 0.0389. The number of hydrogen-bond acceptors (Lipinski definition) is 4. The van der Waals surface area contributed by atoms with Crippen molar-refractivity contribution in [3.8, 4) is 0 Å². The Morgan fingerprint density at radius 1 is 1.35 bits per heavy atom. The van der Waals surface area contributed by atoms with Crippen LogP contribution in [0.25, 0.3) is 0 Å². The Labute approximate surface area is 116 Å². The highest BCUT2D eigenvalue weighted by Crippen LogP contribution is 2.32. The first-order valence-corrected chi connectivity index (χ1v) is 6.31. The molecule has 0 saturated carbocycles. The molecule has 0 spiro atoms. The van der Waals surface area contributed by atoms with Crippen molar-refractivity contribution < 1.29 is 24.2 Å². The topological polar surface area (TPSA) is 76.1 Å². The maximum Gasteiger partial charge on any atom is 0.411 e. The summed E-state index contributed by atoms with van der Waals surface area (Å²) in [6.07, 6.45) is -0.254. The number of carbonyl (C=O) groups is 2. The Bertz CT molecular complexity index is 490. The number of methoxy groups -OCH3 is 1. The van der Waals surface area contributed by atoms with E-state index in [1.807, 2.05) is 30.3 Å². The minimum atomic E-state index is -1.29. The molecule has 1 aliphatic rings. The lowest BCUT2D eigenvalue weighted by Gasteiger charge is -2.47. The van der Waals surface area contributed by atoms with Gasteiger partial charge in [-0.25, -0.2) is 9.59 Å². The van der Waals surface area contributed by atoms with Gasteiger partial charge in [0.15, 0.2) is 5.54 Å². The van der Waals surface area contributed by atoms with Crippen LogP contribution in [0.3, 0.4) is 0 Å². The lowest BCUT2D eigenvalue weighted by atomic mass is 9.86. The van der Waals surface area contributed by atoms with Gasteiger partial charge in [-0.15, -0.1) is 0 Å². The van der Waals surface area contributed by atoms with E-state index in [0.717, 1.165) is 5.56 Å². The van der Waals surface area contributed by atoms with E-state index in [0.29, 0.717) is 13.0 Å². The van der Waals surface area contributed by atoms with Gasteiger partial charge in [0, 0.05) is 20.1 Å². The van der Waals surface area contributed by atoms with Gasteiger partial charge >= 0.3 is 12.1 Å². The van der Waals surface area contributed by atoms with Crippen LogP contribution in [0.2, 0.25) is 0 Å². The highest BCUT2D eigenvalue weighted by Gasteiger charge is 2.54. The van der Waals surface area contributed by atoms with Crippen LogP contribution >= 0.6 is 0 Å². The van der Waals surface area contributed by atoms with Crippen LogP contribution in [0.5, 0.6) is 0 Å². The quantitative estimate of drug-likeness (QED) is 0.884. The van der Waals surface area contributed by atoms with E-state index in [2.05, 4.69) is 0 Å². The summed E-state index contributed by atoms with van der Waals surface area (Å²) in [7, 11) is 1.41. The summed E-state index contributed by atoms with van der Waals surface area (Å²) in [5, 5.41) is 9.29. The highest BCUT2D eigenvalue weighted by atomic mass is 16.6. The molecule has 0 aromatic heterocycles. The van der Waals surface area contributed by atoms with Gasteiger partial charge in [-0.05, 0) is 5.56 Å². The van der Waals surface area contributed by atoms with E-state index in [4.69, 9.17) is 9.47 Å². The molecule has 20 heavy (non-hydrogen) atoms. The number of carboxylic acids is 1. The zero-order chi connectivity index (χ0) is 14.6. The second-order valence-corrected chi connectivity index (χ2v) is 4.71. The third-order valence-electron chi connectivity index (χ3n) is 3.47. The Kier molecular flexibility index (Phi) is 4.24. The maximum atomic E-state index is 12.0. The average Bonchev–Trinajstić information content (AvgIpc) is 2.42. The van der Waals surface area contributed by atoms with Crippen LogP contribution in [0.1, 0.15) is 12.0 Å². The van der Waals surface area contributed by atoms with Crippen molar-refractivity contribution in [3.63, 3.8) is 0 Å². The second-order valence-electron chi connectivity index (χ2n) is 4.71. The van der Waals surface area contributed by atoms with E-state index in [9.17, 15) is 14.7 Å². The normalized spacial score (nSPS) is 21.1. The van der Waals surface area contributed by atoms with E-state index >= 15 is 0 Å². The van der Waals surface area contributed by atoms with Gasteiger partial charge in [-0.1, -0.05) is 30.3 Å². The third kappa shape index (κ3) is 2.60. The first-order chi connectivity index (χ1) is 9.60. The number of carbonyl (C=O) groups excluding carboxylic acids is 1. The van der Waals surface area contributed by atoms with Gasteiger partial charge in [0.1, 0.15) is 6.61 Å². The van der Waals surface area contributed by atoms with Crippen LogP contribution in [-0.4, -0.2) is 47.9 Å². The summed E-state index contributed by atoms with van der Waals surface area (Å²) in [6.45, 7) is 0.449. The van der Waals surface area contributed by atoms with Crippen molar-refractivity contribution in [2.24, 2.45) is 0 Å². The number of hydrogen-bond donors (Lipinski definition) is 1. The number of nitrogens with zero attached hydrogens (tertiary/aromatic N) is 1. The van der Waals surface area contributed by atoms with Crippen molar-refractivity contribution >= 4 is 12.1 Å². The second kappa shape index (κ2) is 5.92. The molecule has 2 rings (SSSR count). The van der Waals surface area contributed by atoms with Gasteiger partial charge in [0.25, 0.3) is 0 Å². The van der Waals surface area contributed by atoms with Crippen molar-refractivity contribution in [1.29, 1.82) is 0 Å². The highest BCUT2D eigenvalue weighted by molar-refractivity contribution is 5.86. The first kappa shape index (κ1) is 14.3. The maximum absolute atomic E-state index is 12.0. The Balaban J connectivity index is 1.97. The van der Waals surface area contributed by atoms with Crippen LogP contribution in [0, 0.1) is 0 Å². The Morgan fingerprint density at radius 3 is 2.55 bits per heavy atom. The van der Waals surface area contributed by atoms with Crippen LogP contribution < -0.4 is 0 Å². The number of ether oxygens (including phenoxy) is 2. The summed E-state index contributed by atoms with van der Waals surface area (Å²) in [5.74, 6) is -1.07. The number of benzene rings is 1. The van der Waals surface area contributed by atoms with Gasteiger partial charge < -0.3 is 14.6 Å². The molecule has 6 nitrogen and oxygen atoms in total. The monoisotopic (exact) mass is 279 g/mol. The summed E-state index contributed by atoms with van der Waals surface area (Å²) < 4.78 is 10.1. The van der Waals surface area contributed by atoms with E-state index in [1.165, 1.54) is 12.0 Å². The fraction of sp³-hybridized carbons (Fsp3) is 0.429. The lowest BCUT2D eigenvalue weighted by molar-refractivity contribution is -0.164. The van der Waals surface area contributed by atoms with Gasteiger partial charge in [-0.3, -0.25) is 4.90 Å². The molecule has 1 atom stereocenters. The molecule has 1 heterocycles. The average molecular weight is 279 g/mol. The largest absolute Gasteiger partial charge is 0.479 e. The van der Waals surface area contributed by atoms with Crippen molar-refractivity contribution in [3.05, 3.63) is 35.9 Å². The molecule has 1 aromatic rings. The molecule has 108 valence electrons. The van der Waals surface area contributed by atoms with Crippen LogP contribution in [-0.2, 0) is 20.9 Å². The molecule has 1 aliphatic heterocycles. The standard InChI is InChI=1S/C14H17NO5/c1-19-10-14(12(16)17)7-8-15(14)13(18)20-9-11-5-3-2-4-6-11/h2-6H,7-10H2,1H3,(H,16,17). The van der Waals surface area contributed by atoms with Crippen molar-refractivity contribution in [2.75, 3.05) is 20.3 Å². The van der Waals surface area contributed by atoms with Gasteiger partial charge in [0.05, 0.1) is 6.61 Å². The third-order valence-corrected chi connectivity index (χ3v) is 3.47. The lowest BCUT2D eigenvalue weighted by Crippen LogP contribution is -2.68. The molecule has 0 bridgehead atoms. The molecule has 1 unspecified atom stereocenters. The van der Waals surface area contributed by atoms with E-state index in [1.54, 1.807) is 0 Å². The summed E-state index contributed by atoms with van der Waals surface area (Å²) in [6, 6.07) is 9.24. The summed E-state index contributed by atoms with van der Waals surface area (Å²) in [5.41, 5.74) is -0.434. The van der Waals surface area contributed by atoms with Gasteiger partial charge in [-0.2, -0.15) is 0 Å². The smallest absolute Gasteiger partial charge is 0.411 e. The number of amides is 1. The minimum Gasteiger partial charge on any atom is -0.479 e. The van der Waals surface area contributed by atoms with Crippen molar-refractivity contribution in [2.45, 2.75) is 18.6 Å². The predicted octanol–water partition coefficient (Wildman–Crippen LogP) is 1.50. The number of carboxylic acid groups (broad SMARTS) is 1. The molecule has 0 radical (unpaired) electrons. The van der Waals surface area contributed by atoms with Crippen LogP contribution in [0.4, 0.5) is 4.79 Å². The fourth-order valence-corrected chi connectivity index (χ4v) is 2.23. The fourth-order valence-electron chi connectivity index (χ4n) is 2.23. The number of aliphatic carboxylic acids is 1. The molecule has 1 aromatic carbocycles. The zero-order valence-corrected chi connectivity index (χ0v) is 11.2. The van der Waals surface area contributed by atoms with E-state index < -0.39 is 17.6 Å². The number of rotatable bonds is 5. The molecular weight excluding hydrogens is 262 g/mol. The molecule has 1 saturated heterocycles.